The molecular formula is C19H16Br2N4OS. The number of benzene rings is 2. The van der Waals surface area contributed by atoms with Gasteiger partial charge in [0.15, 0.2) is 5.11 Å². The Hall–Kier alpha value is -2.03. The van der Waals surface area contributed by atoms with Gasteiger partial charge in [-0.15, -0.1) is 0 Å². The summed E-state index contributed by atoms with van der Waals surface area (Å²) in [6.07, 6.45) is 3.64. The van der Waals surface area contributed by atoms with E-state index in [1.165, 1.54) is 0 Å². The maximum atomic E-state index is 12.4. The Morgan fingerprint density at radius 2 is 1.93 bits per heavy atom. The number of amides is 1. The van der Waals surface area contributed by atoms with Crippen LogP contribution in [-0.2, 0) is 6.54 Å². The van der Waals surface area contributed by atoms with Crippen LogP contribution in [0.3, 0.4) is 0 Å². The fourth-order valence-corrected chi connectivity index (χ4v) is 3.55. The topological polar surface area (TPSA) is 58.9 Å². The van der Waals surface area contributed by atoms with Gasteiger partial charge in [0.1, 0.15) is 0 Å². The number of hydrogen-bond acceptors (Lipinski definition) is 3. The number of carbonyl (C=O) groups excluding carboxylic acids is 1. The summed E-state index contributed by atoms with van der Waals surface area (Å²) in [6.45, 7) is 2.64. The van der Waals surface area contributed by atoms with Crippen LogP contribution < -0.4 is 10.6 Å². The molecule has 0 aliphatic heterocycles. The Balaban J connectivity index is 1.59. The summed E-state index contributed by atoms with van der Waals surface area (Å²) >= 11 is 12.1. The number of thiocarbonyl (C=S) groups is 1. The van der Waals surface area contributed by atoms with E-state index in [0.29, 0.717) is 12.1 Å². The minimum Gasteiger partial charge on any atom is -0.331 e. The highest BCUT2D eigenvalue weighted by atomic mass is 79.9. The first-order chi connectivity index (χ1) is 12.9. The van der Waals surface area contributed by atoms with Crippen molar-refractivity contribution in [1.82, 2.24) is 15.1 Å². The zero-order valence-corrected chi connectivity index (χ0v) is 18.4. The molecule has 0 fully saturated rings. The maximum absolute atomic E-state index is 12.4. The number of nitrogens with zero attached hydrogens (tertiary/aromatic N) is 2. The summed E-state index contributed by atoms with van der Waals surface area (Å²) in [5.74, 6) is -0.260. The molecule has 0 radical (unpaired) electrons. The van der Waals surface area contributed by atoms with E-state index in [1.807, 2.05) is 48.1 Å². The third-order valence-corrected chi connectivity index (χ3v) is 5.03. The molecule has 0 unspecified atom stereocenters. The smallest absolute Gasteiger partial charge is 0.257 e. The number of carbonyl (C=O) groups is 1. The highest BCUT2D eigenvalue weighted by molar-refractivity contribution is 9.10. The van der Waals surface area contributed by atoms with Gasteiger partial charge in [0.25, 0.3) is 5.91 Å². The van der Waals surface area contributed by atoms with Crippen LogP contribution in [0.25, 0.3) is 0 Å². The average molecular weight is 508 g/mol. The molecule has 3 rings (SSSR count). The molecule has 1 amide bonds. The molecule has 0 aliphatic rings. The summed E-state index contributed by atoms with van der Waals surface area (Å²) < 4.78 is 3.63. The zero-order chi connectivity index (χ0) is 19.4. The highest BCUT2D eigenvalue weighted by Crippen LogP contribution is 2.23. The minimum atomic E-state index is -0.260. The molecule has 2 N–H and O–H groups in total. The van der Waals surface area contributed by atoms with Gasteiger partial charge in [-0.2, -0.15) is 5.10 Å². The first-order valence-electron chi connectivity index (χ1n) is 8.06. The third kappa shape index (κ3) is 5.47. The van der Waals surface area contributed by atoms with Gasteiger partial charge in [-0.05, 0) is 86.4 Å². The van der Waals surface area contributed by atoms with E-state index in [2.05, 4.69) is 47.6 Å². The zero-order valence-electron chi connectivity index (χ0n) is 14.4. The molecule has 3 aromatic rings. The van der Waals surface area contributed by atoms with Crippen LogP contribution in [0.2, 0.25) is 0 Å². The predicted octanol–water partition coefficient (Wildman–Crippen LogP) is 4.89. The van der Waals surface area contributed by atoms with Gasteiger partial charge in [-0.3, -0.25) is 14.8 Å². The van der Waals surface area contributed by atoms with Crippen LogP contribution in [0, 0.1) is 6.92 Å². The van der Waals surface area contributed by atoms with Gasteiger partial charge in [0.05, 0.1) is 22.9 Å². The van der Waals surface area contributed by atoms with E-state index in [0.717, 1.165) is 25.8 Å². The minimum absolute atomic E-state index is 0.245. The van der Waals surface area contributed by atoms with Crippen LogP contribution in [0.5, 0.6) is 0 Å². The lowest BCUT2D eigenvalue weighted by Gasteiger charge is -2.12. The van der Waals surface area contributed by atoms with E-state index in [4.69, 9.17) is 12.2 Å². The Bertz CT molecular complexity index is 986. The molecule has 27 heavy (non-hydrogen) atoms. The van der Waals surface area contributed by atoms with Gasteiger partial charge in [0.2, 0.25) is 0 Å². The fraction of sp³-hybridized carbons (Fsp3) is 0.105. The number of rotatable bonds is 4. The first kappa shape index (κ1) is 19.7. The molecule has 138 valence electrons. The lowest BCUT2D eigenvalue weighted by molar-refractivity contribution is 0.0977. The Kier molecular flexibility index (Phi) is 6.41. The van der Waals surface area contributed by atoms with Crippen LogP contribution in [-0.4, -0.2) is 20.8 Å². The van der Waals surface area contributed by atoms with Gasteiger partial charge < -0.3 is 5.32 Å². The molecule has 2 aromatic carbocycles. The summed E-state index contributed by atoms with van der Waals surface area (Å²) in [5, 5.41) is 10.2. The Labute approximate surface area is 179 Å². The molecule has 0 saturated heterocycles. The quantitative estimate of drug-likeness (QED) is 0.493. The summed E-state index contributed by atoms with van der Waals surface area (Å²) in [5.41, 5.74) is 3.51. The number of halogens is 2. The molecule has 0 bridgehead atoms. The summed E-state index contributed by atoms with van der Waals surface area (Å²) in [4.78, 5) is 12.4. The molecule has 5 nitrogen and oxygen atoms in total. The average Bonchev–Trinajstić information content (AvgIpc) is 3.03. The Morgan fingerprint density at radius 3 is 2.56 bits per heavy atom. The molecule has 0 saturated carbocycles. The molecule has 1 aromatic heterocycles. The van der Waals surface area contributed by atoms with E-state index in [-0.39, 0.29) is 11.0 Å². The van der Waals surface area contributed by atoms with Crippen LogP contribution in [0.1, 0.15) is 21.5 Å². The lowest BCUT2D eigenvalue weighted by atomic mass is 10.1. The molecule has 0 atom stereocenters. The van der Waals surface area contributed by atoms with Gasteiger partial charge in [-0.25, -0.2) is 0 Å². The van der Waals surface area contributed by atoms with Crippen molar-refractivity contribution in [3.8, 4) is 0 Å². The summed E-state index contributed by atoms with van der Waals surface area (Å²) in [7, 11) is 0. The lowest BCUT2D eigenvalue weighted by Crippen LogP contribution is -2.34. The van der Waals surface area contributed by atoms with Crippen molar-refractivity contribution in [2.75, 3.05) is 5.32 Å². The standard InChI is InChI=1S/C19H16Br2N4OS/c1-12-2-7-17(16(21)8-12)23-19(27)24-18(26)14-5-3-13(4-6-14)10-25-11-15(20)9-22-25/h2-9,11H,10H2,1H3,(H2,23,24,26,27). The van der Waals surface area contributed by atoms with E-state index in [9.17, 15) is 4.79 Å². The highest BCUT2D eigenvalue weighted by Gasteiger charge is 2.09. The number of anilines is 1. The number of aromatic nitrogens is 2. The molecule has 8 heteroatoms. The van der Waals surface area contributed by atoms with Crippen molar-refractivity contribution in [2.45, 2.75) is 13.5 Å². The van der Waals surface area contributed by atoms with Gasteiger partial charge in [-0.1, -0.05) is 18.2 Å². The number of nitrogens with one attached hydrogen (secondary N) is 2. The molecular weight excluding hydrogens is 492 g/mol. The van der Waals surface area contributed by atoms with Gasteiger partial charge >= 0.3 is 0 Å². The second-order valence-electron chi connectivity index (χ2n) is 5.94. The summed E-state index contributed by atoms with van der Waals surface area (Å²) in [6, 6.07) is 13.2. The van der Waals surface area contributed by atoms with E-state index >= 15 is 0 Å². The number of aryl methyl sites for hydroxylation is 1. The predicted molar refractivity (Wildman–Crippen MR) is 118 cm³/mol. The molecule has 0 aliphatic carbocycles. The van der Waals surface area contributed by atoms with Crippen LogP contribution in [0.4, 0.5) is 5.69 Å². The molecule has 1 heterocycles. The van der Waals surface area contributed by atoms with Crippen molar-refractivity contribution >= 4 is 60.8 Å². The van der Waals surface area contributed by atoms with Crippen molar-refractivity contribution in [2.24, 2.45) is 0 Å². The number of hydrogen-bond donors (Lipinski definition) is 2. The van der Waals surface area contributed by atoms with Crippen LogP contribution in [0.15, 0.2) is 63.8 Å². The molecule has 0 spiro atoms. The largest absolute Gasteiger partial charge is 0.331 e. The SMILES string of the molecule is Cc1ccc(NC(=S)NC(=O)c2ccc(Cn3cc(Br)cn3)cc2)c(Br)c1. The van der Waals surface area contributed by atoms with Crippen molar-refractivity contribution < 1.29 is 4.79 Å². The van der Waals surface area contributed by atoms with E-state index in [1.54, 1.807) is 18.3 Å². The van der Waals surface area contributed by atoms with Crippen LogP contribution >= 0.6 is 44.1 Å². The first-order valence-corrected chi connectivity index (χ1v) is 10.1. The maximum Gasteiger partial charge on any atom is 0.257 e. The van der Waals surface area contributed by atoms with Crippen molar-refractivity contribution in [3.63, 3.8) is 0 Å². The normalized spacial score (nSPS) is 10.5. The monoisotopic (exact) mass is 506 g/mol. The van der Waals surface area contributed by atoms with Gasteiger partial charge in [0, 0.05) is 16.2 Å². The second-order valence-corrected chi connectivity index (χ2v) is 8.12. The second kappa shape index (κ2) is 8.77. The fourth-order valence-electron chi connectivity index (χ4n) is 2.42. The Morgan fingerprint density at radius 1 is 1.19 bits per heavy atom. The van der Waals surface area contributed by atoms with Crippen molar-refractivity contribution in [3.05, 3.63) is 80.5 Å². The van der Waals surface area contributed by atoms with Crippen molar-refractivity contribution in [1.29, 1.82) is 0 Å². The third-order valence-electron chi connectivity index (χ3n) is 3.76. The van der Waals surface area contributed by atoms with E-state index < -0.39 is 0 Å².